The van der Waals surface area contributed by atoms with E-state index in [9.17, 15) is 14.9 Å². The zero-order valence-corrected chi connectivity index (χ0v) is 7.12. The largest absolute Gasteiger partial charge is 0.322 e. The van der Waals surface area contributed by atoms with E-state index in [0.29, 0.717) is 6.41 Å². The highest BCUT2D eigenvalue weighted by Gasteiger charge is 2.15. The quantitative estimate of drug-likeness (QED) is 0.460. The van der Waals surface area contributed by atoms with E-state index in [1.54, 1.807) is 0 Å². The zero-order valence-electron chi connectivity index (χ0n) is 6.36. The molecule has 1 amide bonds. The van der Waals surface area contributed by atoms with Crippen LogP contribution in [-0.4, -0.2) is 11.3 Å². The van der Waals surface area contributed by atoms with Crippen molar-refractivity contribution >= 4 is 29.4 Å². The Labute approximate surface area is 78.5 Å². The van der Waals surface area contributed by atoms with Gasteiger partial charge in [0.2, 0.25) is 6.41 Å². The van der Waals surface area contributed by atoms with Gasteiger partial charge in [-0.2, -0.15) is 0 Å². The summed E-state index contributed by atoms with van der Waals surface area (Å²) in [6.07, 6.45) is 0.341. The first-order valence-electron chi connectivity index (χ1n) is 3.30. The Morgan fingerprint density at radius 2 is 2.23 bits per heavy atom. The molecule has 13 heavy (non-hydrogen) atoms. The van der Waals surface area contributed by atoms with Gasteiger partial charge >= 0.3 is 0 Å². The van der Waals surface area contributed by atoms with Crippen LogP contribution >= 0.6 is 11.6 Å². The molecule has 0 aliphatic rings. The number of hydrogen-bond acceptors (Lipinski definition) is 3. The number of hydrogen-bond donors (Lipinski definition) is 1. The van der Waals surface area contributed by atoms with Gasteiger partial charge in [0.25, 0.3) is 5.69 Å². The average molecular weight is 201 g/mol. The molecule has 0 aliphatic heterocycles. The summed E-state index contributed by atoms with van der Waals surface area (Å²) in [6, 6.07) is 4.16. The molecule has 0 radical (unpaired) electrons. The lowest BCUT2D eigenvalue weighted by Gasteiger charge is -2.01. The normalized spacial score (nSPS) is 9.31. The van der Waals surface area contributed by atoms with E-state index in [0.717, 1.165) is 0 Å². The van der Waals surface area contributed by atoms with Crippen LogP contribution < -0.4 is 5.32 Å². The summed E-state index contributed by atoms with van der Waals surface area (Å²) < 4.78 is 0. The molecular formula is C7H5ClN2O3. The predicted octanol–water partition coefficient (Wildman–Crippen LogP) is 1.82. The second kappa shape index (κ2) is 3.86. The fourth-order valence-corrected chi connectivity index (χ4v) is 1.09. The van der Waals surface area contributed by atoms with Crippen LogP contribution in [0.15, 0.2) is 18.2 Å². The maximum absolute atomic E-state index is 10.4. The molecule has 0 aromatic heterocycles. The molecular weight excluding hydrogens is 196 g/mol. The van der Waals surface area contributed by atoms with E-state index in [1.807, 2.05) is 0 Å². The molecule has 0 saturated heterocycles. The minimum atomic E-state index is -0.613. The van der Waals surface area contributed by atoms with Crippen LogP contribution in [0.3, 0.4) is 0 Å². The zero-order chi connectivity index (χ0) is 9.84. The van der Waals surface area contributed by atoms with Crippen LogP contribution in [0.5, 0.6) is 0 Å². The number of nitro groups is 1. The molecule has 5 nitrogen and oxygen atoms in total. The number of nitro benzene ring substituents is 1. The predicted molar refractivity (Wildman–Crippen MR) is 47.8 cm³/mol. The molecule has 0 heterocycles. The highest BCUT2D eigenvalue weighted by Crippen LogP contribution is 2.30. The second-order valence-corrected chi connectivity index (χ2v) is 2.56. The van der Waals surface area contributed by atoms with Gasteiger partial charge in [-0.15, -0.1) is 0 Å². The van der Waals surface area contributed by atoms with Gasteiger partial charge in [0.1, 0.15) is 5.69 Å². The van der Waals surface area contributed by atoms with Crippen LogP contribution in [0.25, 0.3) is 0 Å². The summed E-state index contributed by atoms with van der Waals surface area (Å²) >= 11 is 5.63. The van der Waals surface area contributed by atoms with Crippen molar-refractivity contribution in [3.05, 3.63) is 33.3 Å². The lowest BCUT2D eigenvalue weighted by atomic mass is 10.3. The average Bonchev–Trinajstić information content (AvgIpc) is 2.08. The Hall–Kier alpha value is -1.62. The number of amides is 1. The number of carbonyl (C=O) groups excluding carboxylic acids is 1. The summed E-state index contributed by atoms with van der Waals surface area (Å²) in [4.78, 5) is 19.9. The Bertz CT molecular complexity index is 354. The van der Waals surface area contributed by atoms with E-state index in [1.165, 1.54) is 18.2 Å². The van der Waals surface area contributed by atoms with Gasteiger partial charge in [-0.3, -0.25) is 14.9 Å². The van der Waals surface area contributed by atoms with Gasteiger partial charge in [0.05, 0.1) is 9.95 Å². The first-order valence-corrected chi connectivity index (χ1v) is 3.67. The third-order valence-electron chi connectivity index (χ3n) is 1.39. The number of nitrogens with one attached hydrogen (secondary N) is 1. The first kappa shape index (κ1) is 9.47. The van der Waals surface area contributed by atoms with E-state index in [4.69, 9.17) is 11.6 Å². The molecule has 1 aromatic carbocycles. The van der Waals surface area contributed by atoms with E-state index in [-0.39, 0.29) is 16.4 Å². The number of nitrogens with zero attached hydrogens (tertiary/aromatic N) is 1. The summed E-state index contributed by atoms with van der Waals surface area (Å²) in [5.41, 5.74) is -0.205. The van der Waals surface area contributed by atoms with E-state index >= 15 is 0 Å². The number of carbonyl (C=O) groups is 1. The van der Waals surface area contributed by atoms with Gasteiger partial charge in [-0.25, -0.2) is 0 Å². The molecule has 0 fully saturated rings. The molecule has 0 bridgehead atoms. The summed E-state index contributed by atoms with van der Waals surface area (Å²) in [6.45, 7) is 0. The molecule has 1 rings (SSSR count). The van der Waals surface area contributed by atoms with Crippen molar-refractivity contribution in [3.63, 3.8) is 0 Å². The topological polar surface area (TPSA) is 72.2 Å². The second-order valence-electron chi connectivity index (χ2n) is 2.15. The van der Waals surface area contributed by atoms with Crippen LogP contribution in [0, 0.1) is 10.1 Å². The molecule has 0 spiro atoms. The van der Waals surface area contributed by atoms with Crippen LogP contribution in [0.2, 0.25) is 5.02 Å². The maximum Gasteiger partial charge on any atom is 0.294 e. The highest BCUT2D eigenvalue weighted by atomic mass is 35.5. The van der Waals surface area contributed by atoms with Crippen molar-refractivity contribution in [3.8, 4) is 0 Å². The number of anilines is 1. The Morgan fingerprint density at radius 1 is 1.54 bits per heavy atom. The van der Waals surface area contributed by atoms with E-state index < -0.39 is 4.92 Å². The number of halogens is 1. The lowest BCUT2D eigenvalue weighted by Crippen LogP contribution is -1.99. The SMILES string of the molecule is O=CNc1c(Cl)cccc1[N+](=O)[O-]. The van der Waals surface area contributed by atoms with Crippen molar-refractivity contribution in [1.82, 2.24) is 0 Å². The van der Waals surface area contributed by atoms with Crippen molar-refractivity contribution < 1.29 is 9.72 Å². The van der Waals surface area contributed by atoms with Crippen LogP contribution in [0.1, 0.15) is 0 Å². The maximum atomic E-state index is 10.4. The minimum absolute atomic E-state index is 0.0177. The van der Waals surface area contributed by atoms with Crippen molar-refractivity contribution in [2.24, 2.45) is 0 Å². The third kappa shape index (κ3) is 1.94. The summed E-state index contributed by atoms with van der Waals surface area (Å²) in [5, 5.41) is 12.8. The van der Waals surface area contributed by atoms with Gasteiger partial charge in [0, 0.05) is 6.07 Å². The molecule has 6 heteroatoms. The number of rotatable bonds is 3. The molecule has 0 saturated carbocycles. The Kier molecular flexibility index (Phi) is 2.81. The summed E-state index contributed by atoms with van der Waals surface area (Å²) in [5.74, 6) is 0. The lowest BCUT2D eigenvalue weighted by molar-refractivity contribution is -0.383. The molecule has 0 atom stereocenters. The fraction of sp³-hybridized carbons (Fsp3) is 0. The van der Waals surface area contributed by atoms with Gasteiger partial charge < -0.3 is 5.32 Å². The number of para-hydroxylation sites is 1. The molecule has 0 aliphatic carbocycles. The molecule has 1 aromatic rings. The van der Waals surface area contributed by atoms with Crippen molar-refractivity contribution in [1.29, 1.82) is 0 Å². The molecule has 0 unspecified atom stereocenters. The van der Waals surface area contributed by atoms with Gasteiger partial charge in [0.15, 0.2) is 0 Å². The third-order valence-corrected chi connectivity index (χ3v) is 1.71. The molecule has 1 N–H and O–H groups in total. The van der Waals surface area contributed by atoms with Gasteiger partial charge in [-0.05, 0) is 6.07 Å². The van der Waals surface area contributed by atoms with Crippen LogP contribution in [0.4, 0.5) is 11.4 Å². The standard InChI is InChI=1S/C7H5ClN2O3/c8-5-2-1-3-6(10(12)13)7(5)9-4-11/h1-4H,(H,9,11). The highest BCUT2D eigenvalue weighted by molar-refractivity contribution is 6.34. The van der Waals surface area contributed by atoms with Crippen LogP contribution in [-0.2, 0) is 4.79 Å². The first-order chi connectivity index (χ1) is 6.16. The van der Waals surface area contributed by atoms with Gasteiger partial charge in [-0.1, -0.05) is 17.7 Å². The Balaban J connectivity index is 3.24. The van der Waals surface area contributed by atoms with Crippen molar-refractivity contribution in [2.75, 3.05) is 5.32 Å². The summed E-state index contributed by atoms with van der Waals surface area (Å²) in [7, 11) is 0. The Morgan fingerprint density at radius 3 is 2.77 bits per heavy atom. The minimum Gasteiger partial charge on any atom is -0.322 e. The number of benzene rings is 1. The monoisotopic (exact) mass is 200 g/mol. The molecule has 68 valence electrons. The smallest absolute Gasteiger partial charge is 0.294 e. The van der Waals surface area contributed by atoms with E-state index in [2.05, 4.69) is 5.32 Å². The van der Waals surface area contributed by atoms with Crippen molar-refractivity contribution in [2.45, 2.75) is 0 Å². The fourth-order valence-electron chi connectivity index (χ4n) is 0.867.